The molecule has 1 aromatic heterocycles. The number of hydrogen-bond donors (Lipinski definition) is 1. The fourth-order valence-corrected chi connectivity index (χ4v) is 2.88. The van der Waals surface area contributed by atoms with Gasteiger partial charge in [0.2, 0.25) is 0 Å². The van der Waals surface area contributed by atoms with Crippen LogP contribution in [0, 0.1) is 0 Å². The van der Waals surface area contributed by atoms with Gasteiger partial charge in [-0.2, -0.15) is 26.3 Å². The third-order valence-electron chi connectivity index (χ3n) is 4.50. The van der Waals surface area contributed by atoms with Crippen LogP contribution in [0.15, 0.2) is 30.2 Å². The molecule has 2 aromatic rings. The molecule has 3 rings (SSSR count). The Hall–Kier alpha value is -3.91. The number of carboxylic acids is 1. The smallest absolute Gasteiger partial charge is 0.416 e. The Morgan fingerprint density at radius 2 is 1.64 bits per heavy atom. The minimum atomic E-state index is -5.06. The van der Waals surface area contributed by atoms with E-state index in [0.717, 1.165) is 22.1 Å². The summed E-state index contributed by atoms with van der Waals surface area (Å²) in [6, 6.07) is 0.0462. The van der Waals surface area contributed by atoms with Crippen LogP contribution in [-0.2, 0) is 21.9 Å². The van der Waals surface area contributed by atoms with E-state index in [9.17, 15) is 40.7 Å². The molecule has 33 heavy (non-hydrogen) atoms. The summed E-state index contributed by atoms with van der Waals surface area (Å²) in [4.78, 5) is 40.5. The molecule has 0 atom stereocenters. The van der Waals surface area contributed by atoms with E-state index in [2.05, 4.69) is 10.1 Å². The maximum atomic E-state index is 13.1. The van der Waals surface area contributed by atoms with Crippen molar-refractivity contribution < 1.29 is 45.8 Å². The zero-order valence-corrected chi connectivity index (χ0v) is 16.5. The Bertz CT molecular complexity index is 1120. The highest BCUT2D eigenvalue weighted by atomic mass is 19.4. The van der Waals surface area contributed by atoms with E-state index >= 15 is 0 Å². The first kappa shape index (κ1) is 23.7. The Morgan fingerprint density at radius 3 is 2.15 bits per heavy atom. The first-order valence-electron chi connectivity index (χ1n) is 8.92. The molecule has 1 aromatic carbocycles. The summed E-state index contributed by atoms with van der Waals surface area (Å²) in [5.41, 5.74) is -3.93. The molecule has 1 aliphatic rings. The van der Waals surface area contributed by atoms with Gasteiger partial charge in [0.15, 0.2) is 5.82 Å². The van der Waals surface area contributed by atoms with Crippen LogP contribution < -0.4 is 0 Å². The molecule has 0 bridgehead atoms. The highest BCUT2D eigenvalue weighted by Gasteiger charge is 2.39. The van der Waals surface area contributed by atoms with Gasteiger partial charge in [-0.15, -0.1) is 5.10 Å². The number of nitrogens with zero attached hydrogens (tertiary/aromatic N) is 5. The van der Waals surface area contributed by atoms with Gasteiger partial charge in [-0.3, -0.25) is 19.4 Å². The van der Waals surface area contributed by atoms with E-state index in [-0.39, 0.29) is 11.8 Å². The molecule has 176 valence electrons. The van der Waals surface area contributed by atoms with E-state index in [1.807, 2.05) is 0 Å². The number of alkyl halides is 6. The highest BCUT2D eigenvalue weighted by Crippen LogP contribution is 2.38. The van der Waals surface area contributed by atoms with Crippen molar-refractivity contribution >= 4 is 24.1 Å². The minimum Gasteiger partial charge on any atom is -0.481 e. The number of carbonyl (C=O) groups excluding carboxylic acids is 2. The molecule has 0 radical (unpaired) electrons. The molecule has 3 amide bonds. The zero-order chi connectivity index (χ0) is 24.7. The Labute approximate surface area is 180 Å². The molecule has 2 heterocycles. The fourth-order valence-electron chi connectivity index (χ4n) is 2.88. The molecular weight excluding hydrogens is 464 g/mol. The summed E-state index contributed by atoms with van der Waals surface area (Å²) in [5.74, 6) is -2.60. The van der Waals surface area contributed by atoms with E-state index in [1.54, 1.807) is 0 Å². The average Bonchev–Trinajstić information content (AvgIpc) is 3.24. The van der Waals surface area contributed by atoms with Crippen molar-refractivity contribution in [2.45, 2.75) is 18.8 Å². The lowest BCUT2D eigenvalue weighted by Gasteiger charge is -2.13. The molecule has 9 nitrogen and oxygen atoms in total. The van der Waals surface area contributed by atoms with Crippen molar-refractivity contribution in [3.05, 3.63) is 41.4 Å². The van der Waals surface area contributed by atoms with Gasteiger partial charge in [-0.05, 0) is 18.2 Å². The predicted octanol–water partition coefficient (Wildman–Crippen LogP) is 3.15. The van der Waals surface area contributed by atoms with Crippen LogP contribution >= 0.6 is 0 Å². The molecule has 15 heteroatoms. The summed E-state index contributed by atoms with van der Waals surface area (Å²) in [5, 5.41) is 12.5. The van der Waals surface area contributed by atoms with Crippen LogP contribution in [0.5, 0.6) is 0 Å². The number of likely N-dealkylation sites (N-methyl/N-ethyl adjacent to an activating group) is 1. The molecule has 0 saturated carbocycles. The Kier molecular flexibility index (Phi) is 5.91. The summed E-state index contributed by atoms with van der Waals surface area (Å²) < 4.78 is 79.2. The monoisotopic (exact) mass is 477 g/mol. The summed E-state index contributed by atoms with van der Waals surface area (Å²) in [6.07, 6.45) is -8.71. The van der Waals surface area contributed by atoms with Crippen molar-refractivity contribution in [1.29, 1.82) is 0 Å². The number of imide groups is 1. The highest BCUT2D eigenvalue weighted by molar-refractivity contribution is 6.13. The second kappa shape index (κ2) is 8.22. The summed E-state index contributed by atoms with van der Waals surface area (Å²) in [6.45, 7) is -0.401. The lowest BCUT2D eigenvalue weighted by Crippen LogP contribution is -2.33. The fraction of sp³-hybridized carbons (Fsp3) is 0.278. The molecule has 0 spiro atoms. The molecule has 0 unspecified atom stereocenters. The van der Waals surface area contributed by atoms with Gasteiger partial charge in [-0.1, -0.05) is 0 Å². The molecule has 1 aliphatic heterocycles. The Balaban J connectivity index is 1.96. The van der Waals surface area contributed by atoms with Gasteiger partial charge < -0.3 is 5.11 Å². The number of aromatic nitrogens is 3. The van der Waals surface area contributed by atoms with Crippen molar-refractivity contribution in [2.75, 3.05) is 13.6 Å². The number of hydrogen-bond acceptors (Lipinski definition) is 5. The summed E-state index contributed by atoms with van der Waals surface area (Å²) >= 11 is 0. The number of urea groups is 1. The number of halogens is 6. The van der Waals surface area contributed by atoms with Crippen molar-refractivity contribution in [3.63, 3.8) is 0 Å². The van der Waals surface area contributed by atoms with Crippen LogP contribution in [-0.4, -0.2) is 61.2 Å². The predicted molar refractivity (Wildman–Crippen MR) is 96.9 cm³/mol. The Morgan fingerprint density at radius 1 is 1.06 bits per heavy atom. The van der Waals surface area contributed by atoms with Gasteiger partial charge in [0.05, 0.1) is 23.7 Å². The second-order valence-electron chi connectivity index (χ2n) is 6.80. The van der Waals surface area contributed by atoms with Crippen molar-refractivity contribution in [2.24, 2.45) is 0 Å². The van der Waals surface area contributed by atoms with Crippen LogP contribution in [0.25, 0.3) is 17.6 Å². The number of benzene rings is 1. The van der Waals surface area contributed by atoms with Crippen LogP contribution in [0.2, 0.25) is 0 Å². The van der Waals surface area contributed by atoms with Gasteiger partial charge in [-0.25, -0.2) is 14.5 Å². The SMILES string of the molecule is CN1C(=O)N(CCC(=O)O)C(=O)/C1=C/n1cnc(-c2cc(C(F)(F)F)cc(C(F)(F)F)c2)n1. The van der Waals surface area contributed by atoms with E-state index < -0.39 is 65.7 Å². The standard InChI is InChI=1S/C18H13F6N5O4/c1-27-12(15(32)29(16(27)33)3-2-13(30)31)7-28-8-25-14(26-28)9-4-10(17(19,20)21)6-11(5-9)18(22,23)24/h4-8H,2-3H2,1H3,(H,30,31)/b12-7-. The van der Waals surface area contributed by atoms with E-state index in [0.29, 0.717) is 17.0 Å². The maximum Gasteiger partial charge on any atom is 0.416 e. The molecule has 1 fully saturated rings. The molecule has 1 N–H and O–H groups in total. The van der Waals surface area contributed by atoms with Gasteiger partial charge in [0, 0.05) is 19.2 Å². The second-order valence-corrected chi connectivity index (χ2v) is 6.80. The number of carboxylic acid groups (broad SMARTS) is 1. The third-order valence-corrected chi connectivity index (χ3v) is 4.50. The lowest BCUT2D eigenvalue weighted by atomic mass is 10.0. The average molecular weight is 477 g/mol. The maximum absolute atomic E-state index is 13.1. The first-order chi connectivity index (χ1) is 15.2. The number of rotatable bonds is 5. The van der Waals surface area contributed by atoms with Crippen LogP contribution in [0.4, 0.5) is 31.1 Å². The van der Waals surface area contributed by atoms with E-state index in [4.69, 9.17) is 5.11 Å². The quantitative estimate of drug-likeness (QED) is 0.403. The van der Waals surface area contributed by atoms with Gasteiger partial charge in [0.1, 0.15) is 12.0 Å². The van der Waals surface area contributed by atoms with Crippen LogP contribution in [0.1, 0.15) is 17.5 Å². The topological polar surface area (TPSA) is 109 Å². The molecular formula is C18H13F6N5O4. The first-order valence-corrected chi connectivity index (χ1v) is 8.92. The molecule has 0 aliphatic carbocycles. The minimum absolute atomic E-state index is 0.0358. The lowest BCUT2D eigenvalue weighted by molar-refractivity contribution is -0.143. The molecule has 1 saturated heterocycles. The third kappa shape index (κ3) is 4.96. The largest absolute Gasteiger partial charge is 0.481 e. The number of carbonyl (C=O) groups is 3. The van der Waals surface area contributed by atoms with E-state index in [1.165, 1.54) is 7.05 Å². The van der Waals surface area contributed by atoms with Crippen molar-refractivity contribution in [3.8, 4) is 11.4 Å². The van der Waals surface area contributed by atoms with Crippen molar-refractivity contribution in [1.82, 2.24) is 24.6 Å². The summed E-state index contributed by atoms with van der Waals surface area (Å²) in [7, 11) is 1.22. The number of aliphatic carboxylic acids is 1. The van der Waals surface area contributed by atoms with Gasteiger partial charge in [0.25, 0.3) is 5.91 Å². The van der Waals surface area contributed by atoms with Crippen LogP contribution in [0.3, 0.4) is 0 Å². The zero-order valence-electron chi connectivity index (χ0n) is 16.5. The van der Waals surface area contributed by atoms with Gasteiger partial charge >= 0.3 is 24.4 Å². The normalized spacial score (nSPS) is 16.3. The number of amides is 3.